The molecule has 0 saturated carbocycles. The van der Waals surface area contributed by atoms with Crippen molar-refractivity contribution in [3.8, 4) is 6.07 Å². The van der Waals surface area contributed by atoms with E-state index in [2.05, 4.69) is 48.1 Å². The summed E-state index contributed by atoms with van der Waals surface area (Å²) >= 11 is 0. The third-order valence-electron chi connectivity index (χ3n) is 2.99. The molecule has 0 fully saturated rings. The number of hydrogen-bond acceptors (Lipinski definition) is 4. The predicted molar refractivity (Wildman–Crippen MR) is 83.4 cm³/mol. The quantitative estimate of drug-likeness (QED) is 0.751. The molecular formula is C16H26N4. The van der Waals surface area contributed by atoms with Gasteiger partial charge in [0.2, 0.25) is 0 Å². The van der Waals surface area contributed by atoms with Gasteiger partial charge in [0.1, 0.15) is 5.82 Å². The first kappa shape index (κ1) is 16.5. The van der Waals surface area contributed by atoms with Gasteiger partial charge in [-0.15, -0.1) is 0 Å². The van der Waals surface area contributed by atoms with Gasteiger partial charge in [-0.2, -0.15) is 5.26 Å². The molecule has 1 heterocycles. The molecule has 4 nitrogen and oxygen atoms in total. The van der Waals surface area contributed by atoms with Gasteiger partial charge in [0.25, 0.3) is 0 Å². The fourth-order valence-electron chi connectivity index (χ4n) is 2.17. The first-order valence-electron chi connectivity index (χ1n) is 7.44. The molecule has 0 aliphatic rings. The normalized spacial score (nSPS) is 10.8. The van der Waals surface area contributed by atoms with Gasteiger partial charge >= 0.3 is 0 Å². The van der Waals surface area contributed by atoms with Crippen molar-refractivity contribution in [2.75, 3.05) is 25.0 Å². The summed E-state index contributed by atoms with van der Waals surface area (Å²) in [6.45, 7) is 10.2. The SMILES string of the molecule is CCCNc1ncccc1CN(CCC#N)CC(C)C. The molecule has 0 saturated heterocycles. The maximum Gasteiger partial charge on any atom is 0.130 e. The Hall–Kier alpha value is -1.60. The van der Waals surface area contributed by atoms with Gasteiger partial charge in [0, 0.05) is 44.4 Å². The second kappa shape index (κ2) is 9.33. The van der Waals surface area contributed by atoms with Gasteiger partial charge in [0.05, 0.1) is 6.07 Å². The Bertz CT molecular complexity index is 423. The Morgan fingerprint density at radius 3 is 2.90 bits per heavy atom. The van der Waals surface area contributed by atoms with Crippen molar-refractivity contribution in [1.29, 1.82) is 5.26 Å². The summed E-state index contributed by atoms with van der Waals surface area (Å²) in [5.74, 6) is 1.57. The first-order chi connectivity index (χ1) is 9.67. The molecule has 0 spiro atoms. The Balaban J connectivity index is 2.73. The lowest BCUT2D eigenvalue weighted by Crippen LogP contribution is -2.28. The van der Waals surface area contributed by atoms with Crippen LogP contribution in [0.4, 0.5) is 5.82 Å². The monoisotopic (exact) mass is 274 g/mol. The third-order valence-corrected chi connectivity index (χ3v) is 2.99. The maximum atomic E-state index is 8.78. The summed E-state index contributed by atoms with van der Waals surface area (Å²) in [6.07, 6.45) is 3.48. The van der Waals surface area contributed by atoms with Crippen LogP contribution in [0.15, 0.2) is 18.3 Å². The van der Waals surface area contributed by atoms with Crippen LogP contribution in [-0.2, 0) is 6.54 Å². The highest BCUT2D eigenvalue weighted by molar-refractivity contribution is 5.43. The van der Waals surface area contributed by atoms with E-state index in [9.17, 15) is 0 Å². The van der Waals surface area contributed by atoms with E-state index in [-0.39, 0.29) is 0 Å². The fourth-order valence-corrected chi connectivity index (χ4v) is 2.17. The lowest BCUT2D eigenvalue weighted by atomic mass is 10.1. The minimum Gasteiger partial charge on any atom is -0.370 e. The second-order valence-electron chi connectivity index (χ2n) is 5.47. The molecule has 1 N–H and O–H groups in total. The lowest BCUT2D eigenvalue weighted by molar-refractivity contribution is 0.241. The predicted octanol–water partition coefficient (Wildman–Crippen LogP) is 3.28. The molecule has 1 aromatic heterocycles. The first-order valence-corrected chi connectivity index (χ1v) is 7.44. The number of nitrogens with one attached hydrogen (secondary N) is 1. The Morgan fingerprint density at radius 1 is 1.45 bits per heavy atom. The van der Waals surface area contributed by atoms with E-state index in [1.807, 2.05) is 12.3 Å². The molecule has 0 atom stereocenters. The van der Waals surface area contributed by atoms with Crippen LogP contribution < -0.4 is 5.32 Å². The van der Waals surface area contributed by atoms with Gasteiger partial charge in [-0.25, -0.2) is 4.98 Å². The molecule has 0 aromatic carbocycles. The van der Waals surface area contributed by atoms with Crippen molar-refractivity contribution in [2.24, 2.45) is 5.92 Å². The van der Waals surface area contributed by atoms with E-state index in [0.717, 1.165) is 38.4 Å². The zero-order valence-electron chi connectivity index (χ0n) is 12.9. The highest BCUT2D eigenvalue weighted by atomic mass is 15.1. The molecule has 0 aliphatic carbocycles. The summed E-state index contributed by atoms with van der Waals surface area (Å²) < 4.78 is 0. The van der Waals surface area contributed by atoms with Gasteiger partial charge in [0.15, 0.2) is 0 Å². The molecule has 0 radical (unpaired) electrons. The molecule has 1 rings (SSSR count). The molecule has 1 aromatic rings. The molecule has 4 heteroatoms. The number of pyridine rings is 1. The Labute approximate surface area is 122 Å². The smallest absolute Gasteiger partial charge is 0.130 e. The van der Waals surface area contributed by atoms with E-state index < -0.39 is 0 Å². The summed E-state index contributed by atoms with van der Waals surface area (Å²) in [5.41, 5.74) is 1.21. The van der Waals surface area contributed by atoms with Crippen molar-refractivity contribution in [3.63, 3.8) is 0 Å². The van der Waals surface area contributed by atoms with Crippen molar-refractivity contribution in [1.82, 2.24) is 9.88 Å². The minimum atomic E-state index is 0.574. The number of hydrogen-bond donors (Lipinski definition) is 1. The van der Waals surface area contributed by atoms with E-state index in [1.54, 1.807) is 0 Å². The summed E-state index contributed by atoms with van der Waals surface area (Å²) in [6, 6.07) is 6.33. The van der Waals surface area contributed by atoms with Gasteiger partial charge in [-0.1, -0.05) is 26.8 Å². The summed E-state index contributed by atoms with van der Waals surface area (Å²) in [4.78, 5) is 6.76. The minimum absolute atomic E-state index is 0.574. The average Bonchev–Trinajstić information content (AvgIpc) is 2.43. The fraction of sp³-hybridized carbons (Fsp3) is 0.625. The second-order valence-corrected chi connectivity index (χ2v) is 5.47. The molecule has 0 bridgehead atoms. The van der Waals surface area contributed by atoms with Gasteiger partial charge < -0.3 is 5.32 Å². The molecule has 110 valence electrons. The summed E-state index contributed by atoms with van der Waals surface area (Å²) in [5, 5.41) is 12.2. The largest absolute Gasteiger partial charge is 0.370 e. The number of rotatable bonds is 9. The van der Waals surface area contributed by atoms with Crippen molar-refractivity contribution < 1.29 is 0 Å². The van der Waals surface area contributed by atoms with Crippen LogP contribution in [0.3, 0.4) is 0 Å². The lowest BCUT2D eigenvalue weighted by Gasteiger charge is -2.24. The Morgan fingerprint density at radius 2 is 2.25 bits per heavy atom. The van der Waals surface area contributed by atoms with Crippen LogP contribution in [0.1, 0.15) is 39.2 Å². The van der Waals surface area contributed by atoms with Crippen LogP contribution >= 0.6 is 0 Å². The van der Waals surface area contributed by atoms with E-state index in [4.69, 9.17) is 5.26 Å². The molecule has 20 heavy (non-hydrogen) atoms. The van der Waals surface area contributed by atoms with Crippen LogP contribution in [0.25, 0.3) is 0 Å². The van der Waals surface area contributed by atoms with Crippen LogP contribution in [0.2, 0.25) is 0 Å². The van der Waals surface area contributed by atoms with Crippen molar-refractivity contribution in [3.05, 3.63) is 23.9 Å². The van der Waals surface area contributed by atoms with E-state index in [0.29, 0.717) is 12.3 Å². The van der Waals surface area contributed by atoms with Crippen molar-refractivity contribution in [2.45, 2.75) is 40.2 Å². The Kier molecular flexibility index (Phi) is 7.67. The number of anilines is 1. The molecular weight excluding hydrogens is 248 g/mol. The zero-order valence-corrected chi connectivity index (χ0v) is 12.9. The van der Waals surface area contributed by atoms with Crippen LogP contribution in [0, 0.1) is 17.2 Å². The standard InChI is InChI=1S/C16H26N4/c1-4-9-18-16-15(7-5-10-19-16)13-20(11-6-8-17)12-14(2)3/h5,7,10,14H,4,6,9,11-13H2,1-3H3,(H,18,19). The van der Waals surface area contributed by atoms with Gasteiger partial charge in [-0.05, 0) is 18.4 Å². The highest BCUT2D eigenvalue weighted by Gasteiger charge is 2.11. The molecule has 0 amide bonds. The van der Waals surface area contributed by atoms with E-state index >= 15 is 0 Å². The number of nitrogens with zero attached hydrogens (tertiary/aromatic N) is 3. The third kappa shape index (κ3) is 6.03. The molecule has 0 unspecified atom stereocenters. The van der Waals surface area contributed by atoms with Crippen molar-refractivity contribution >= 4 is 5.82 Å². The van der Waals surface area contributed by atoms with Crippen LogP contribution in [0.5, 0.6) is 0 Å². The van der Waals surface area contributed by atoms with Gasteiger partial charge in [-0.3, -0.25) is 4.90 Å². The topological polar surface area (TPSA) is 52.0 Å². The highest BCUT2D eigenvalue weighted by Crippen LogP contribution is 2.15. The summed E-state index contributed by atoms with van der Waals surface area (Å²) in [7, 11) is 0. The van der Waals surface area contributed by atoms with E-state index in [1.165, 1.54) is 5.56 Å². The van der Waals surface area contributed by atoms with Crippen LogP contribution in [-0.4, -0.2) is 29.5 Å². The number of aromatic nitrogens is 1. The average molecular weight is 274 g/mol. The zero-order chi connectivity index (χ0) is 14.8. The number of nitriles is 1. The molecule has 0 aliphatic heterocycles. The maximum absolute atomic E-state index is 8.78.